The van der Waals surface area contributed by atoms with Gasteiger partial charge in [-0.3, -0.25) is 9.78 Å². The molecule has 1 saturated heterocycles. The number of pyridine rings is 1. The standard InChI is InChI=1S/C35H32ClN5O2S/c1-22-20-28(24(3)40(22)31-14-9-12-29(36)23(31)2)34-33(30-13-7-8-19-37-30)39-35(44)41(34)26-17-15-25(16-18-26)38-32(42)21-43-27-10-5-4-6-11-27/h4-20,33-34H,21H2,1-3H3,(H,38,42)(H,39,44)/t33-,34+/m0/s1. The molecule has 0 bridgehead atoms. The van der Waals surface area contributed by atoms with Crippen LogP contribution in [0.2, 0.25) is 5.02 Å². The maximum Gasteiger partial charge on any atom is 0.262 e. The Morgan fingerprint density at radius 2 is 1.73 bits per heavy atom. The summed E-state index contributed by atoms with van der Waals surface area (Å²) in [6.07, 6.45) is 1.80. The van der Waals surface area contributed by atoms with Gasteiger partial charge in [-0.25, -0.2) is 0 Å². The van der Waals surface area contributed by atoms with Crippen LogP contribution in [-0.4, -0.2) is 27.2 Å². The predicted molar refractivity (Wildman–Crippen MR) is 180 cm³/mol. The second kappa shape index (κ2) is 12.5. The fourth-order valence-corrected chi connectivity index (χ4v) is 6.33. The summed E-state index contributed by atoms with van der Waals surface area (Å²) in [5.41, 5.74) is 7.84. The Balaban J connectivity index is 1.32. The third kappa shape index (κ3) is 5.78. The lowest BCUT2D eigenvalue weighted by Crippen LogP contribution is -2.29. The number of hydrogen-bond donors (Lipinski definition) is 2. The summed E-state index contributed by atoms with van der Waals surface area (Å²) in [6, 6.07) is 30.7. The second-order valence-electron chi connectivity index (χ2n) is 10.7. The third-order valence-electron chi connectivity index (χ3n) is 7.91. The maximum atomic E-state index is 12.6. The van der Waals surface area contributed by atoms with Gasteiger partial charge in [0.05, 0.1) is 17.8 Å². The van der Waals surface area contributed by atoms with Crippen molar-refractivity contribution in [2.75, 3.05) is 16.8 Å². The van der Waals surface area contributed by atoms with Crippen LogP contribution in [0.25, 0.3) is 5.69 Å². The number of carbonyl (C=O) groups is 1. The van der Waals surface area contributed by atoms with Gasteiger partial charge in [-0.1, -0.05) is 41.9 Å². The number of amides is 1. The van der Waals surface area contributed by atoms with E-state index in [9.17, 15) is 4.79 Å². The number of aryl methyl sites for hydroxylation is 1. The molecule has 9 heteroatoms. The molecule has 0 saturated carbocycles. The lowest BCUT2D eigenvalue weighted by molar-refractivity contribution is -0.118. The Morgan fingerprint density at radius 3 is 2.45 bits per heavy atom. The van der Waals surface area contributed by atoms with Gasteiger partial charge in [-0.15, -0.1) is 0 Å². The zero-order chi connectivity index (χ0) is 30.8. The van der Waals surface area contributed by atoms with E-state index < -0.39 is 0 Å². The molecular formula is C35H32ClN5O2S. The van der Waals surface area contributed by atoms with E-state index in [4.69, 9.17) is 33.5 Å². The molecule has 1 fully saturated rings. The number of ether oxygens (including phenoxy) is 1. The number of halogens is 1. The second-order valence-corrected chi connectivity index (χ2v) is 11.5. The highest BCUT2D eigenvalue weighted by Crippen LogP contribution is 2.44. The van der Waals surface area contributed by atoms with Gasteiger partial charge in [0.15, 0.2) is 11.7 Å². The number of aromatic nitrogens is 2. The van der Waals surface area contributed by atoms with Gasteiger partial charge >= 0.3 is 0 Å². The summed E-state index contributed by atoms with van der Waals surface area (Å²) in [6.45, 7) is 6.20. The van der Waals surface area contributed by atoms with E-state index in [0.29, 0.717) is 16.5 Å². The lowest BCUT2D eigenvalue weighted by atomic mass is 9.96. The van der Waals surface area contributed by atoms with Gasteiger partial charge in [0.25, 0.3) is 5.91 Å². The van der Waals surface area contributed by atoms with Crippen LogP contribution in [0, 0.1) is 20.8 Å². The molecule has 0 radical (unpaired) electrons. The molecule has 2 N–H and O–H groups in total. The molecule has 2 atom stereocenters. The van der Waals surface area contributed by atoms with Gasteiger partial charge < -0.3 is 24.8 Å². The van der Waals surface area contributed by atoms with Crippen molar-refractivity contribution in [3.05, 3.63) is 136 Å². The summed E-state index contributed by atoms with van der Waals surface area (Å²) in [7, 11) is 0. The molecule has 1 aliphatic heterocycles. The molecule has 0 aliphatic carbocycles. The van der Waals surface area contributed by atoms with Crippen LogP contribution in [0.5, 0.6) is 5.75 Å². The molecule has 5 aromatic rings. The number of nitrogens with one attached hydrogen (secondary N) is 2. The van der Waals surface area contributed by atoms with Gasteiger partial charge in [0.2, 0.25) is 0 Å². The number of anilines is 2. The number of benzene rings is 3. The summed E-state index contributed by atoms with van der Waals surface area (Å²) >= 11 is 12.5. The first-order valence-corrected chi connectivity index (χ1v) is 15.1. The van der Waals surface area contributed by atoms with Crippen molar-refractivity contribution >= 4 is 46.2 Å². The topological polar surface area (TPSA) is 71.4 Å². The Kier molecular flexibility index (Phi) is 8.37. The molecule has 0 unspecified atom stereocenters. The predicted octanol–water partition coefficient (Wildman–Crippen LogP) is 7.65. The van der Waals surface area contributed by atoms with E-state index in [1.54, 1.807) is 6.20 Å². The minimum absolute atomic E-state index is 0.0819. The number of rotatable bonds is 8. The number of thiocarbonyl (C=S) groups is 1. The first-order valence-electron chi connectivity index (χ1n) is 14.3. The summed E-state index contributed by atoms with van der Waals surface area (Å²) in [5.74, 6) is 0.406. The molecule has 3 heterocycles. The Morgan fingerprint density at radius 1 is 0.977 bits per heavy atom. The van der Waals surface area contributed by atoms with Crippen molar-refractivity contribution in [3.63, 3.8) is 0 Å². The monoisotopic (exact) mass is 621 g/mol. The molecule has 1 amide bonds. The summed E-state index contributed by atoms with van der Waals surface area (Å²) < 4.78 is 7.84. The molecule has 2 aromatic heterocycles. The number of carbonyl (C=O) groups excluding carboxylic acids is 1. The van der Waals surface area contributed by atoms with Crippen LogP contribution < -0.4 is 20.3 Å². The Labute approximate surface area is 267 Å². The quantitative estimate of drug-likeness (QED) is 0.174. The molecule has 0 spiro atoms. The number of nitrogens with zero attached hydrogens (tertiary/aromatic N) is 3. The van der Waals surface area contributed by atoms with Gasteiger partial charge in [-0.2, -0.15) is 0 Å². The lowest BCUT2D eigenvalue weighted by Gasteiger charge is -2.28. The normalized spacial score (nSPS) is 16.1. The van der Waals surface area contributed by atoms with E-state index in [1.807, 2.05) is 91.9 Å². The van der Waals surface area contributed by atoms with Crippen LogP contribution in [-0.2, 0) is 4.79 Å². The molecule has 6 rings (SSSR count). The highest BCUT2D eigenvalue weighted by Gasteiger charge is 2.42. The zero-order valence-corrected chi connectivity index (χ0v) is 26.2. The van der Waals surface area contributed by atoms with Crippen LogP contribution in [0.1, 0.15) is 40.3 Å². The SMILES string of the molecule is Cc1c(Cl)cccc1-n1c(C)cc([C@@H]2[C@H](c3ccccn3)NC(=S)N2c2ccc(NC(=O)COc3ccccc3)cc2)c1C. The van der Waals surface area contributed by atoms with Crippen molar-refractivity contribution in [3.8, 4) is 11.4 Å². The average molecular weight is 622 g/mol. The van der Waals surface area contributed by atoms with Crippen molar-refractivity contribution < 1.29 is 9.53 Å². The van der Waals surface area contributed by atoms with E-state index >= 15 is 0 Å². The van der Waals surface area contributed by atoms with E-state index in [2.05, 4.69) is 46.1 Å². The molecule has 3 aromatic carbocycles. The minimum atomic E-state index is -0.239. The van der Waals surface area contributed by atoms with Gasteiger partial charge in [0, 0.05) is 39.7 Å². The molecular weight excluding hydrogens is 590 g/mol. The van der Waals surface area contributed by atoms with Gasteiger partial charge in [-0.05, 0) is 111 Å². The molecule has 7 nitrogen and oxygen atoms in total. The van der Waals surface area contributed by atoms with Crippen molar-refractivity contribution in [2.24, 2.45) is 0 Å². The fourth-order valence-electron chi connectivity index (χ4n) is 5.81. The first-order chi connectivity index (χ1) is 21.3. The highest BCUT2D eigenvalue weighted by molar-refractivity contribution is 7.80. The minimum Gasteiger partial charge on any atom is -0.484 e. The molecule has 1 aliphatic rings. The van der Waals surface area contributed by atoms with E-state index in [1.165, 1.54) is 0 Å². The Bertz CT molecular complexity index is 1810. The van der Waals surface area contributed by atoms with Crippen molar-refractivity contribution in [1.82, 2.24) is 14.9 Å². The third-order valence-corrected chi connectivity index (χ3v) is 8.63. The summed E-state index contributed by atoms with van der Waals surface area (Å²) in [5, 5.41) is 7.78. The highest BCUT2D eigenvalue weighted by atomic mass is 35.5. The molecule has 222 valence electrons. The van der Waals surface area contributed by atoms with Crippen LogP contribution in [0.4, 0.5) is 11.4 Å². The number of hydrogen-bond acceptors (Lipinski definition) is 4. The zero-order valence-electron chi connectivity index (χ0n) is 24.6. The Hall–Kier alpha value is -4.66. The van der Waals surface area contributed by atoms with Crippen LogP contribution >= 0.6 is 23.8 Å². The van der Waals surface area contributed by atoms with Crippen molar-refractivity contribution in [2.45, 2.75) is 32.9 Å². The van der Waals surface area contributed by atoms with E-state index in [0.717, 1.165) is 44.6 Å². The average Bonchev–Trinajstić information content (AvgIpc) is 3.53. The smallest absolute Gasteiger partial charge is 0.262 e. The first kappa shape index (κ1) is 29.4. The maximum absolute atomic E-state index is 12.6. The van der Waals surface area contributed by atoms with Gasteiger partial charge in [0.1, 0.15) is 5.75 Å². The van der Waals surface area contributed by atoms with Crippen molar-refractivity contribution in [1.29, 1.82) is 0 Å². The summed E-state index contributed by atoms with van der Waals surface area (Å²) in [4.78, 5) is 19.4. The van der Waals surface area contributed by atoms with Crippen LogP contribution in [0.3, 0.4) is 0 Å². The molecule has 44 heavy (non-hydrogen) atoms. The number of para-hydroxylation sites is 1. The van der Waals surface area contributed by atoms with E-state index in [-0.39, 0.29) is 24.6 Å². The van der Waals surface area contributed by atoms with Crippen LogP contribution in [0.15, 0.2) is 103 Å². The fraction of sp³-hybridized carbons (Fsp3) is 0.171. The largest absolute Gasteiger partial charge is 0.484 e.